The lowest BCUT2D eigenvalue weighted by Gasteiger charge is -2.39. The molecule has 5 rings (SSSR count). The van der Waals surface area contributed by atoms with Crippen molar-refractivity contribution in [1.29, 1.82) is 0 Å². The van der Waals surface area contributed by atoms with Crippen LogP contribution in [0.1, 0.15) is 38.0 Å². The molecule has 3 heterocycles. The number of fused-ring (bicyclic) bond motifs is 1. The molecule has 1 atom stereocenters. The average molecular weight is 478 g/mol. The average Bonchev–Trinajstić information content (AvgIpc) is 3.33. The fraction of sp³-hybridized carbons (Fsp3) is 0.333. The molecule has 2 aliphatic rings. The van der Waals surface area contributed by atoms with Crippen molar-refractivity contribution >= 4 is 23.2 Å². The molecule has 1 aromatic heterocycles. The number of nitrogens with zero attached hydrogens (tertiary/aromatic N) is 3. The van der Waals surface area contributed by atoms with E-state index in [9.17, 15) is 14.0 Å². The number of piperazine rings is 1. The summed E-state index contributed by atoms with van der Waals surface area (Å²) in [5, 5.41) is 2.15. The Labute approximate surface area is 203 Å². The van der Waals surface area contributed by atoms with Crippen LogP contribution in [0.2, 0.25) is 0 Å². The first-order valence-corrected chi connectivity index (χ1v) is 12.6. The van der Waals surface area contributed by atoms with Crippen LogP contribution in [0.25, 0.3) is 0 Å². The molecular weight excluding hydrogens is 449 g/mol. The second kappa shape index (κ2) is 9.68. The van der Waals surface area contributed by atoms with Gasteiger partial charge in [-0.1, -0.05) is 30.3 Å². The lowest BCUT2D eigenvalue weighted by molar-refractivity contribution is -0.134. The Balaban J connectivity index is 1.26. The number of halogens is 1. The molecule has 0 bridgehead atoms. The molecule has 2 amide bonds. The molecule has 2 aromatic carbocycles. The maximum Gasteiger partial charge on any atom is 0.254 e. The van der Waals surface area contributed by atoms with E-state index in [-0.39, 0.29) is 17.9 Å². The minimum Gasteiger partial charge on any atom is -0.338 e. The number of thiophene rings is 1. The highest BCUT2D eigenvalue weighted by molar-refractivity contribution is 7.10. The highest BCUT2D eigenvalue weighted by Crippen LogP contribution is 2.38. The van der Waals surface area contributed by atoms with E-state index in [1.165, 1.54) is 33.7 Å². The molecule has 176 valence electrons. The number of carbonyl (C=O) groups is 2. The van der Waals surface area contributed by atoms with Crippen molar-refractivity contribution in [1.82, 2.24) is 14.7 Å². The number of amides is 2. The fourth-order valence-electron chi connectivity index (χ4n) is 5.03. The molecule has 2 aliphatic heterocycles. The monoisotopic (exact) mass is 477 g/mol. The van der Waals surface area contributed by atoms with Gasteiger partial charge >= 0.3 is 0 Å². The van der Waals surface area contributed by atoms with Crippen LogP contribution in [0.15, 0.2) is 60.0 Å². The van der Waals surface area contributed by atoms with E-state index >= 15 is 0 Å². The van der Waals surface area contributed by atoms with E-state index in [0.717, 1.165) is 13.0 Å². The minimum absolute atomic E-state index is 0.0796. The normalized spacial score (nSPS) is 18.6. The van der Waals surface area contributed by atoms with Crippen molar-refractivity contribution in [2.75, 3.05) is 39.3 Å². The van der Waals surface area contributed by atoms with Crippen LogP contribution >= 0.6 is 11.3 Å². The van der Waals surface area contributed by atoms with E-state index in [1.54, 1.807) is 28.4 Å². The molecule has 34 heavy (non-hydrogen) atoms. The third kappa shape index (κ3) is 4.50. The van der Waals surface area contributed by atoms with Crippen LogP contribution in [-0.2, 0) is 11.2 Å². The third-order valence-corrected chi connectivity index (χ3v) is 7.87. The Bertz CT molecular complexity index is 1200. The molecule has 0 radical (unpaired) electrons. The first-order valence-electron chi connectivity index (χ1n) is 11.7. The summed E-state index contributed by atoms with van der Waals surface area (Å²) in [7, 11) is 0. The molecule has 5 nitrogen and oxygen atoms in total. The number of rotatable bonds is 4. The van der Waals surface area contributed by atoms with E-state index in [2.05, 4.69) is 47.5 Å². The molecule has 7 heteroatoms. The summed E-state index contributed by atoms with van der Waals surface area (Å²) >= 11 is 1.80. The molecule has 1 fully saturated rings. The van der Waals surface area contributed by atoms with Gasteiger partial charge in [0.2, 0.25) is 5.91 Å². The lowest BCUT2D eigenvalue weighted by Crippen LogP contribution is -2.53. The quantitative estimate of drug-likeness (QED) is 0.568. The van der Waals surface area contributed by atoms with Crippen LogP contribution in [-0.4, -0.2) is 65.8 Å². The SMILES string of the molecule is Cc1ccccc1C1c2ccsc2CCN1CC(=O)N1CCN(C(=O)c2cccc(F)c2)CC1. The van der Waals surface area contributed by atoms with Crippen LogP contribution in [0, 0.1) is 12.7 Å². The Morgan fingerprint density at radius 3 is 2.47 bits per heavy atom. The van der Waals surface area contributed by atoms with E-state index < -0.39 is 5.82 Å². The van der Waals surface area contributed by atoms with Gasteiger partial charge < -0.3 is 9.80 Å². The van der Waals surface area contributed by atoms with Gasteiger partial charge in [-0.2, -0.15) is 0 Å². The molecule has 1 saturated heterocycles. The summed E-state index contributed by atoms with van der Waals surface area (Å²) in [6, 6.07) is 16.5. The number of hydrogen-bond acceptors (Lipinski definition) is 4. The van der Waals surface area contributed by atoms with Gasteiger partial charge in [-0.05, 0) is 59.7 Å². The highest BCUT2D eigenvalue weighted by Gasteiger charge is 2.33. The first kappa shape index (κ1) is 22.7. The Hall–Kier alpha value is -3.03. The van der Waals surface area contributed by atoms with Crippen molar-refractivity contribution in [3.8, 4) is 0 Å². The van der Waals surface area contributed by atoms with E-state index in [0.29, 0.717) is 38.3 Å². The summed E-state index contributed by atoms with van der Waals surface area (Å²) in [5.41, 5.74) is 4.14. The first-order chi connectivity index (χ1) is 16.5. The zero-order chi connectivity index (χ0) is 23.7. The molecule has 0 aliphatic carbocycles. The van der Waals surface area contributed by atoms with Gasteiger partial charge in [0.25, 0.3) is 5.91 Å². The van der Waals surface area contributed by atoms with Gasteiger partial charge in [-0.15, -0.1) is 11.3 Å². The number of aryl methyl sites for hydroxylation is 1. The Morgan fingerprint density at radius 1 is 0.941 bits per heavy atom. The molecule has 0 saturated carbocycles. The molecule has 0 spiro atoms. The maximum atomic E-state index is 13.5. The van der Waals surface area contributed by atoms with Crippen molar-refractivity contribution in [2.45, 2.75) is 19.4 Å². The van der Waals surface area contributed by atoms with Crippen molar-refractivity contribution < 1.29 is 14.0 Å². The van der Waals surface area contributed by atoms with Gasteiger partial charge in [-0.25, -0.2) is 4.39 Å². The number of hydrogen-bond donors (Lipinski definition) is 0. The predicted molar refractivity (Wildman–Crippen MR) is 132 cm³/mol. The second-order valence-corrected chi connectivity index (χ2v) is 9.96. The zero-order valence-corrected chi connectivity index (χ0v) is 20.1. The van der Waals surface area contributed by atoms with E-state index in [4.69, 9.17) is 0 Å². The maximum absolute atomic E-state index is 13.5. The van der Waals surface area contributed by atoms with Gasteiger partial charge in [0.15, 0.2) is 0 Å². The number of carbonyl (C=O) groups excluding carboxylic acids is 2. The van der Waals surface area contributed by atoms with Crippen molar-refractivity contribution in [2.24, 2.45) is 0 Å². The second-order valence-electron chi connectivity index (χ2n) is 8.96. The third-order valence-electron chi connectivity index (χ3n) is 6.88. The van der Waals surface area contributed by atoms with Crippen molar-refractivity contribution in [3.05, 3.63) is 92.9 Å². The molecular formula is C27H28FN3O2S. The summed E-state index contributed by atoms with van der Waals surface area (Å²) in [5.74, 6) is -0.513. The van der Waals surface area contributed by atoms with E-state index in [1.807, 2.05) is 4.90 Å². The largest absolute Gasteiger partial charge is 0.338 e. The van der Waals surface area contributed by atoms with Gasteiger partial charge in [0.1, 0.15) is 5.82 Å². The Kier molecular flexibility index (Phi) is 6.48. The smallest absolute Gasteiger partial charge is 0.254 e. The molecule has 1 unspecified atom stereocenters. The van der Waals surface area contributed by atoms with Crippen molar-refractivity contribution in [3.63, 3.8) is 0 Å². The minimum atomic E-state index is -0.418. The summed E-state index contributed by atoms with van der Waals surface area (Å²) in [6.45, 7) is 5.22. The predicted octanol–water partition coefficient (Wildman–Crippen LogP) is 4.13. The fourth-order valence-corrected chi connectivity index (χ4v) is 5.94. The van der Waals surface area contributed by atoms with Crippen LogP contribution in [0.5, 0.6) is 0 Å². The van der Waals surface area contributed by atoms with Gasteiger partial charge in [-0.3, -0.25) is 14.5 Å². The van der Waals surface area contributed by atoms with Crippen LogP contribution in [0.3, 0.4) is 0 Å². The van der Waals surface area contributed by atoms with Gasteiger partial charge in [0.05, 0.1) is 12.6 Å². The highest BCUT2D eigenvalue weighted by atomic mass is 32.1. The standard InChI is InChI=1S/C27H28FN3O2S/c1-19-5-2-3-8-22(19)26-23-10-16-34-24(23)9-11-31(26)18-25(32)29-12-14-30(15-13-29)27(33)20-6-4-7-21(28)17-20/h2-8,10,16-17,26H,9,11-15,18H2,1H3. The summed E-state index contributed by atoms with van der Waals surface area (Å²) in [6.07, 6.45) is 0.957. The lowest BCUT2D eigenvalue weighted by atomic mass is 9.90. The zero-order valence-electron chi connectivity index (χ0n) is 19.2. The topological polar surface area (TPSA) is 43.9 Å². The molecule has 0 N–H and O–H groups in total. The van der Waals surface area contributed by atoms with Crippen LogP contribution < -0.4 is 0 Å². The molecule has 3 aromatic rings. The Morgan fingerprint density at radius 2 is 1.71 bits per heavy atom. The summed E-state index contributed by atoms with van der Waals surface area (Å²) in [4.78, 5) is 33.3. The van der Waals surface area contributed by atoms with Gasteiger partial charge in [0, 0.05) is 43.2 Å². The number of benzene rings is 2. The van der Waals surface area contributed by atoms with Crippen LogP contribution in [0.4, 0.5) is 4.39 Å². The summed E-state index contributed by atoms with van der Waals surface area (Å²) < 4.78 is 13.5.